The van der Waals surface area contributed by atoms with Crippen LogP contribution in [0.1, 0.15) is 24.2 Å². The first-order chi connectivity index (χ1) is 14.7. The molecule has 168 valence electrons. The van der Waals surface area contributed by atoms with Gasteiger partial charge in [0.05, 0.1) is 12.9 Å². The first-order valence-electron chi connectivity index (χ1n) is 9.39. The average molecular weight is 470 g/mol. The monoisotopic (exact) mass is 469 g/mol. The van der Waals surface area contributed by atoms with E-state index in [1.165, 1.54) is 35.7 Å². The minimum absolute atomic E-state index is 0.0218. The number of nitrogens with zero attached hydrogens (tertiary/aromatic N) is 1. The molecule has 0 radical (unpaired) electrons. The molecule has 2 amide bonds. The summed E-state index contributed by atoms with van der Waals surface area (Å²) in [7, 11) is -2.54. The SMILES string of the molecule is CCN(CC)S(=O)(=O)c1cc(C(=O)NNC(=O)CSc2ccccc2F)ccc1OC. The van der Waals surface area contributed by atoms with E-state index in [4.69, 9.17) is 4.74 Å². The maximum absolute atomic E-state index is 13.6. The molecule has 0 aromatic heterocycles. The molecule has 0 atom stereocenters. The van der Waals surface area contributed by atoms with Gasteiger partial charge in [-0.05, 0) is 30.3 Å². The third-order valence-corrected chi connectivity index (χ3v) is 7.38. The van der Waals surface area contributed by atoms with E-state index in [1.807, 2.05) is 0 Å². The van der Waals surface area contributed by atoms with E-state index in [2.05, 4.69) is 10.9 Å². The minimum atomic E-state index is -3.87. The van der Waals surface area contributed by atoms with Crippen LogP contribution in [0.2, 0.25) is 0 Å². The Bertz CT molecular complexity index is 1040. The molecule has 2 aromatic rings. The third kappa shape index (κ3) is 6.18. The summed E-state index contributed by atoms with van der Waals surface area (Å²) in [4.78, 5) is 24.6. The van der Waals surface area contributed by atoms with Crippen molar-refractivity contribution in [3.05, 3.63) is 53.8 Å². The van der Waals surface area contributed by atoms with Gasteiger partial charge in [-0.2, -0.15) is 4.31 Å². The normalized spacial score (nSPS) is 11.3. The van der Waals surface area contributed by atoms with E-state index in [0.29, 0.717) is 4.90 Å². The van der Waals surface area contributed by atoms with E-state index in [9.17, 15) is 22.4 Å². The number of amides is 2. The van der Waals surface area contributed by atoms with Crippen LogP contribution in [0.3, 0.4) is 0 Å². The number of methoxy groups -OCH3 is 1. The van der Waals surface area contributed by atoms with Gasteiger partial charge in [0.25, 0.3) is 5.91 Å². The summed E-state index contributed by atoms with van der Waals surface area (Å²) in [5, 5.41) is 0. The van der Waals surface area contributed by atoms with Gasteiger partial charge in [0.1, 0.15) is 16.5 Å². The average Bonchev–Trinajstić information content (AvgIpc) is 2.77. The number of thioether (sulfide) groups is 1. The molecule has 0 saturated carbocycles. The lowest BCUT2D eigenvalue weighted by Gasteiger charge is -2.20. The summed E-state index contributed by atoms with van der Waals surface area (Å²) < 4.78 is 45.7. The predicted octanol–water partition coefficient (Wildman–Crippen LogP) is 2.42. The number of hydrazine groups is 1. The smallest absolute Gasteiger partial charge is 0.269 e. The molecule has 0 fully saturated rings. The van der Waals surface area contributed by atoms with Crippen LogP contribution in [0.4, 0.5) is 4.39 Å². The van der Waals surface area contributed by atoms with Crippen molar-refractivity contribution in [2.24, 2.45) is 0 Å². The number of rotatable bonds is 9. The quantitative estimate of drug-likeness (QED) is 0.432. The molecular weight excluding hydrogens is 445 g/mol. The zero-order valence-electron chi connectivity index (χ0n) is 17.3. The largest absolute Gasteiger partial charge is 0.495 e. The van der Waals surface area contributed by atoms with Crippen molar-refractivity contribution in [3.63, 3.8) is 0 Å². The number of nitrogens with one attached hydrogen (secondary N) is 2. The Labute approximate surface area is 185 Å². The Balaban J connectivity index is 2.08. The fourth-order valence-corrected chi connectivity index (χ4v) is 5.04. The molecule has 0 aliphatic carbocycles. The first-order valence-corrected chi connectivity index (χ1v) is 11.8. The molecule has 2 N–H and O–H groups in total. The number of hydrogen-bond acceptors (Lipinski definition) is 6. The summed E-state index contributed by atoms with van der Waals surface area (Å²) in [6, 6.07) is 9.98. The lowest BCUT2D eigenvalue weighted by atomic mass is 10.2. The number of ether oxygens (including phenoxy) is 1. The van der Waals surface area contributed by atoms with Gasteiger partial charge in [0.2, 0.25) is 15.9 Å². The van der Waals surface area contributed by atoms with Gasteiger partial charge in [0.15, 0.2) is 0 Å². The number of sulfonamides is 1. The standard InChI is InChI=1S/C20H24FN3O5S2/c1-4-24(5-2)31(27,28)18-12-14(10-11-16(18)29-3)20(26)23-22-19(25)13-30-17-9-7-6-8-15(17)21/h6-12H,4-5,13H2,1-3H3,(H,22,25)(H,23,26). The maximum Gasteiger partial charge on any atom is 0.269 e. The summed E-state index contributed by atoms with van der Waals surface area (Å²) in [6.45, 7) is 3.93. The Morgan fingerprint density at radius 3 is 2.39 bits per heavy atom. The predicted molar refractivity (Wildman–Crippen MR) is 116 cm³/mol. The van der Waals surface area contributed by atoms with Gasteiger partial charge in [-0.3, -0.25) is 20.4 Å². The molecule has 2 aromatic carbocycles. The molecule has 0 saturated heterocycles. The Hall–Kier alpha value is -2.63. The van der Waals surface area contributed by atoms with Crippen molar-refractivity contribution in [1.82, 2.24) is 15.2 Å². The van der Waals surface area contributed by atoms with E-state index in [1.54, 1.807) is 32.0 Å². The molecule has 0 aliphatic heterocycles. The van der Waals surface area contributed by atoms with Crippen LogP contribution in [0.25, 0.3) is 0 Å². The minimum Gasteiger partial charge on any atom is -0.495 e. The van der Waals surface area contributed by atoms with E-state index in [0.717, 1.165) is 11.8 Å². The van der Waals surface area contributed by atoms with Crippen LogP contribution in [-0.2, 0) is 14.8 Å². The molecular formula is C20H24FN3O5S2. The van der Waals surface area contributed by atoms with Gasteiger partial charge in [0, 0.05) is 23.5 Å². The van der Waals surface area contributed by atoms with E-state index >= 15 is 0 Å². The second-order valence-electron chi connectivity index (χ2n) is 6.18. The molecule has 11 heteroatoms. The number of hydrogen-bond donors (Lipinski definition) is 2. The van der Waals surface area contributed by atoms with Gasteiger partial charge >= 0.3 is 0 Å². The molecule has 31 heavy (non-hydrogen) atoms. The van der Waals surface area contributed by atoms with E-state index < -0.39 is 27.7 Å². The van der Waals surface area contributed by atoms with E-state index in [-0.39, 0.29) is 35.1 Å². The Morgan fingerprint density at radius 1 is 1.10 bits per heavy atom. The summed E-state index contributed by atoms with van der Waals surface area (Å²) in [5.74, 6) is -1.71. The molecule has 0 bridgehead atoms. The van der Waals surface area contributed by atoms with Crippen molar-refractivity contribution in [1.29, 1.82) is 0 Å². The lowest BCUT2D eigenvalue weighted by molar-refractivity contribution is -0.119. The first kappa shape index (κ1) is 24.6. The van der Waals surface area contributed by atoms with Crippen molar-refractivity contribution >= 4 is 33.6 Å². The highest BCUT2D eigenvalue weighted by Gasteiger charge is 2.27. The number of carbonyl (C=O) groups is 2. The highest BCUT2D eigenvalue weighted by molar-refractivity contribution is 8.00. The number of carbonyl (C=O) groups excluding carboxylic acids is 2. The molecule has 0 unspecified atom stereocenters. The Morgan fingerprint density at radius 2 is 1.77 bits per heavy atom. The zero-order chi connectivity index (χ0) is 23.0. The van der Waals surface area contributed by atoms with Crippen LogP contribution < -0.4 is 15.6 Å². The van der Waals surface area contributed by atoms with Crippen LogP contribution in [0.15, 0.2) is 52.3 Å². The lowest BCUT2D eigenvalue weighted by Crippen LogP contribution is -2.42. The van der Waals surface area contributed by atoms with Gasteiger partial charge in [-0.15, -0.1) is 11.8 Å². The Kier molecular flexibility index (Phi) is 8.84. The summed E-state index contributed by atoms with van der Waals surface area (Å²) >= 11 is 0.982. The van der Waals surface area contributed by atoms with Crippen LogP contribution in [-0.4, -0.2) is 50.5 Å². The van der Waals surface area contributed by atoms with Crippen molar-refractivity contribution in [3.8, 4) is 5.75 Å². The molecule has 2 rings (SSSR count). The maximum atomic E-state index is 13.6. The molecule has 8 nitrogen and oxygen atoms in total. The van der Waals surface area contributed by atoms with Crippen molar-refractivity contribution in [2.45, 2.75) is 23.6 Å². The molecule has 0 spiro atoms. The van der Waals surface area contributed by atoms with Crippen LogP contribution in [0, 0.1) is 5.82 Å². The summed E-state index contributed by atoms with van der Waals surface area (Å²) in [5.41, 5.74) is 4.48. The van der Waals surface area contributed by atoms with Crippen molar-refractivity contribution in [2.75, 3.05) is 26.0 Å². The summed E-state index contributed by atoms with van der Waals surface area (Å²) in [6.07, 6.45) is 0. The van der Waals surface area contributed by atoms with Crippen LogP contribution >= 0.6 is 11.8 Å². The van der Waals surface area contributed by atoms with Crippen molar-refractivity contribution < 1.29 is 27.1 Å². The fraction of sp³-hybridized carbons (Fsp3) is 0.300. The fourth-order valence-electron chi connectivity index (χ4n) is 2.66. The second-order valence-corrected chi connectivity index (χ2v) is 9.10. The molecule has 0 aliphatic rings. The number of halogens is 1. The topological polar surface area (TPSA) is 105 Å². The third-order valence-electron chi connectivity index (χ3n) is 4.26. The highest BCUT2D eigenvalue weighted by atomic mass is 32.2. The highest BCUT2D eigenvalue weighted by Crippen LogP contribution is 2.28. The van der Waals surface area contributed by atoms with Gasteiger partial charge < -0.3 is 4.74 Å². The second kappa shape index (κ2) is 11.1. The molecule has 0 heterocycles. The van der Waals surface area contributed by atoms with Crippen LogP contribution in [0.5, 0.6) is 5.75 Å². The van der Waals surface area contributed by atoms with Gasteiger partial charge in [-0.1, -0.05) is 26.0 Å². The van der Waals surface area contributed by atoms with Gasteiger partial charge in [-0.25, -0.2) is 12.8 Å². The zero-order valence-corrected chi connectivity index (χ0v) is 19.0. The number of benzene rings is 2.